The molecule has 1 aromatic heterocycles. The molecule has 1 aromatic carbocycles. The van der Waals surface area contributed by atoms with E-state index < -0.39 is 0 Å². The average molecular weight is 410 g/mol. The molecule has 0 aliphatic carbocycles. The average Bonchev–Trinajstić information content (AvgIpc) is 3.15. The number of hydrogen-bond acceptors (Lipinski definition) is 4. The van der Waals surface area contributed by atoms with Gasteiger partial charge in [0.25, 0.3) is 5.91 Å². The summed E-state index contributed by atoms with van der Waals surface area (Å²) in [5.41, 5.74) is 1.18. The fraction of sp³-hybridized carbons (Fsp3) is 0.450. The van der Waals surface area contributed by atoms with Gasteiger partial charge in [0.15, 0.2) is 5.76 Å². The number of furan rings is 1. The van der Waals surface area contributed by atoms with Crippen LogP contribution in [0.4, 0.5) is 0 Å². The van der Waals surface area contributed by atoms with Crippen molar-refractivity contribution in [1.29, 1.82) is 0 Å². The first-order valence-electron chi connectivity index (χ1n) is 9.31. The molecule has 0 unspecified atom stereocenters. The molecule has 1 fully saturated rings. The Kier molecular flexibility index (Phi) is 8.08. The molecule has 2 aromatic rings. The van der Waals surface area contributed by atoms with Crippen LogP contribution in [0, 0.1) is 0 Å². The third-order valence-electron chi connectivity index (χ3n) is 4.48. The lowest BCUT2D eigenvalue weighted by atomic mass is 10.2. The minimum Gasteiger partial charge on any atom is -0.455 e. The maximum absolute atomic E-state index is 12.2. The fourth-order valence-electron chi connectivity index (χ4n) is 3.01. The van der Waals surface area contributed by atoms with Gasteiger partial charge in [0.1, 0.15) is 18.8 Å². The lowest BCUT2D eigenvalue weighted by Gasteiger charge is -2.23. The number of benzene rings is 1. The number of thioether (sulfide) groups is 1. The number of amides is 1. The van der Waals surface area contributed by atoms with Gasteiger partial charge in [0, 0.05) is 23.7 Å². The van der Waals surface area contributed by atoms with Crippen molar-refractivity contribution in [3.63, 3.8) is 0 Å². The molecule has 2 N–H and O–H groups in total. The highest BCUT2D eigenvalue weighted by Crippen LogP contribution is 2.21. The molecule has 146 valence electrons. The van der Waals surface area contributed by atoms with Crippen LogP contribution in [0.5, 0.6) is 0 Å². The number of halogens is 1. The van der Waals surface area contributed by atoms with Crippen LogP contribution in [-0.4, -0.2) is 45.3 Å². The van der Waals surface area contributed by atoms with Gasteiger partial charge in [0.2, 0.25) is 0 Å². The maximum Gasteiger partial charge on any atom is 0.286 e. The van der Waals surface area contributed by atoms with Gasteiger partial charge in [0.05, 0.1) is 25.5 Å². The molecule has 0 bridgehead atoms. The normalized spacial score (nSPS) is 15.0. The molecule has 1 amide bonds. The topological polar surface area (TPSA) is 55.9 Å². The van der Waals surface area contributed by atoms with Crippen LogP contribution >= 0.6 is 23.4 Å². The van der Waals surface area contributed by atoms with Crippen molar-refractivity contribution < 1.29 is 18.8 Å². The molecule has 1 aliphatic heterocycles. The van der Waals surface area contributed by atoms with Gasteiger partial charge in [-0.2, -0.15) is 0 Å². The number of quaternary nitrogens is 1. The molecule has 2 heterocycles. The Labute approximate surface area is 169 Å². The minimum absolute atomic E-state index is 0.141. The summed E-state index contributed by atoms with van der Waals surface area (Å²) in [6, 6.07) is 11.5. The summed E-state index contributed by atoms with van der Waals surface area (Å²) < 4.78 is 11.0. The summed E-state index contributed by atoms with van der Waals surface area (Å²) in [6.07, 6.45) is 0.962. The van der Waals surface area contributed by atoms with Crippen molar-refractivity contribution in [2.24, 2.45) is 0 Å². The van der Waals surface area contributed by atoms with Crippen molar-refractivity contribution in [1.82, 2.24) is 5.32 Å². The molecule has 5 nitrogen and oxygen atoms in total. The quantitative estimate of drug-likeness (QED) is 0.624. The summed E-state index contributed by atoms with van der Waals surface area (Å²) in [5, 5.41) is 3.69. The maximum atomic E-state index is 12.2. The molecule has 0 saturated carbocycles. The Morgan fingerprint density at radius 3 is 2.85 bits per heavy atom. The third kappa shape index (κ3) is 6.88. The fourth-order valence-corrected chi connectivity index (χ4v) is 4.10. The highest BCUT2D eigenvalue weighted by Gasteiger charge is 2.14. The van der Waals surface area contributed by atoms with Gasteiger partial charge < -0.3 is 19.4 Å². The minimum atomic E-state index is -0.141. The Morgan fingerprint density at radius 2 is 2.04 bits per heavy atom. The van der Waals surface area contributed by atoms with Crippen molar-refractivity contribution in [2.75, 3.05) is 39.4 Å². The standard InChI is InChI=1S/C20H25ClN2O3S/c21-17-4-1-3-16(13-17)14-27-15-18-5-6-19(26-18)20(24)22-7-2-8-23-9-11-25-12-10-23/h1,3-6,13H,2,7-12,14-15H2,(H,22,24)/p+1. The van der Waals surface area contributed by atoms with E-state index >= 15 is 0 Å². The van der Waals surface area contributed by atoms with Crippen LogP contribution in [0.2, 0.25) is 5.02 Å². The smallest absolute Gasteiger partial charge is 0.286 e. The summed E-state index contributed by atoms with van der Waals surface area (Å²) in [6.45, 7) is 5.53. The first kappa shape index (κ1) is 20.3. The predicted octanol–water partition coefficient (Wildman–Crippen LogP) is 2.40. The van der Waals surface area contributed by atoms with E-state index in [1.54, 1.807) is 22.7 Å². The first-order valence-corrected chi connectivity index (χ1v) is 10.8. The summed E-state index contributed by atoms with van der Waals surface area (Å²) in [7, 11) is 0. The zero-order chi connectivity index (χ0) is 18.9. The van der Waals surface area contributed by atoms with Crippen molar-refractivity contribution in [3.8, 4) is 0 Å². The highest BCUT2D eigenvalue weighted by molar-refractivity contribution is 7.97. The molecule has 0 radical (unpaired) electrons. The molecule has 7 heteroatoms. The molecule has 3 rings (SSSR count). The van der Waals surface area contributed by atoms with E-state index in [1.165, 1.54) is 5.56 Å². The second kappa shape index (κ2) is 10.8. The van der Waals surface area contributed by atoms with E-state index in [0.717, 1.165) is 61.6 Å². The highest BCUT2D eigenvalue weighted by atomic mass is 35.5. The van der Waals surface area contributed by atoms with E-state index in [2.05, 4.69) is 11.4 Å². The monoisotopic (exact) mass is 409 g/mol. The number of ether oxygens (including phenoxy) is 1. The van der Waals surface area contributed by atoms with Gasteiger partial charge in [-0.05, 0) is 29.8 Å². The van der Waals surface area contributed by atoms with Gasteiger partial charge in [-0.3, -0.25) is 4.79 Å². The lowest BCUT2D eigenvalue weighted by Crippen LogP contribution is -3.14. The second-order valence-corrected chi connectivity index (χ2v) is 8.03. The molecule has 27 heavy (non-hydrogen) atoms. The van der Waals surface area contributed by atoms with Crippen LogP contribution in [0.25, 0.3) is 0 Å². The van der Waals surface area contributed by atoms with Gasteiger partial charge in [-0.25, -0.2) is 0 Å². The Bertz CT molecular complexity index is 732. The number of nitrogens with one attached hydrogen (secondary N) is 2. The van der Waals surface area contributed by atoms with E-state index in [4.69, 9.17) is 20.8 Å². The second-order valence-electron chi connectivity index (χ2n) is 6.61. The zero-order valence-corrected chi connectivity index (χ0v) is 16.9. The zero-order valence-electron chi connectivity index (χ0n) is 15.3. The Balaban J connectivity index is 1.34. The molecule has 1 saturated heterocycles. The van der Waals surface area contributed by atoms with Gasteiger partial charge >= 0.3 is 0 Å². The van der Waals surface area contributed by atoms with Crippen molar-refractivity contribution >= 4 is 29.3 Å². The van der Waals surface area contributed by atoms with Crippen LogP contribution in [0.3, 0.4) is 0 Å². The van der Waals surface area contributed by atoms with Crippen molar-refractivity contribution in [3.05, 3.63) is 58.5 Å². The first-order chi connectivity index (χ1) is 13.2. The van der Waals surface area contributed by atoms with Gasteiger partial charge in [-0.15, -0.1) is 11.8 Å². The number of rotatable bonds is 9. The van der Waals surface area contributed by atoms with Crippen LogP contribution in [0.15, 0.2) is 40.8 Å². The molecular weight excluding hydrogens is 384 g/mol. The predicted molar refractivity (Wildman–Crippen MR) is 108 cm³/mol. The van der Waals surface area contributed by atoms with Crippen LogP contribution in [0.1, 0.15) is 28.3 Å². The van der Waals surface area contributed by atoms with E-state index in [-0.39, 0.29) is 5.91 Å². The molecule has 0 atom stereocenters. The van der Waals surface area contributed by atoms with E-state index in [1.807, 2.05) is 24.3 Å². The van der Waals surface area contributed by atoms with E-state index in [0.29, 0.717) is 12.3 Å². The Morgan fingerprint density at radius 1 is 1.19 bits per heavy atom. The van der Waals surface area contributed by atoms with Crippen molar-refractivity contribution in [2.45, 2.75) is 17.9 Å². The SMILES string of the molecule is O=C(NCCC[NH+]1CCOCC1)c1ccc(CSCc2cccc(Cl)c2)o1. The Hall–Kier alpha value is -1.47. The molecular formula is C20H26ClN2O3S+. The summed E-state index contributed by atoms with van der Waals surface area (Å²) >= 11 is 7.73. The number of morpholine rings is 1. The number of carbonyl (C=O) groups is 1. The van der Waals surface area contributed by atoms with Gasteiger partial charge in [-0.1, -0.05) is 23.7 Å². The molecule has 1 aliphatic rings. The largest absolute Gasteiger partial charge is 0.455 e. The molecule has 0 spiro atoms. The third-order valence-corrected chi connectivity index (χ3v) is 5.74. The lowest BCUT2D eigenvalue weighted by molar-refractivity contribution is -0.908. The van der Waals surface area contributed by atoms with Crippen LogP contribution < -0.4 is 10.2 Å². The summed E-state index contributed by atoms with van der Waals surface area (Å²) in [4.78, 5) is 13.7. The van der Waals surface area contributed by atoms with Crippen LogP contribution in [-0.2, 0) is 16.2 Å². The number of hydrogen-bond donors (Lipinski definition) is 2. The number of carbonyl (C=O) groups excluding carboxylic acids is 1. The van der Waals surface area contributed by atoms with E-state index in [9.17, 15) is 4.79 Å². The summed E-state index contributed by atoms with van der Waals surface area (Å²) in [5.74, 6) is 2.63.